The van der Waals surface area contributed by atoms with Crippen LogP contribution in [0.15, 0.2) is 53.0 Å². The Labute approximate surface area is 188 Å². The molecule has 1 saturated heterocycles. The van der Waals surface area contributed by atoms with Crippen LogP contribution >= 0.6 is 15.9 Å². The Morgan fingerprint density at radius 3 is 2.55 bits per heavy atom. The molecule has 164 valence electrons. The first kappa shape index (κ1) is 22.7. The minimum atomic E-state index is -1.13. The second-order valence-electron chi connectivity index (χ2n) is 7.93. The van der Waals surface area contributed by atoms with Crippen molar-refractivity contribution in [1.82, 2.24) is 15.8 Å². The van der Waals surface area contributed by atoms with Gasteiger partial charge in [-0.05, 0) is 48.9 Å². The molecule has 1 aliphatic heterocycles. The minimum Gasteiger partial charge on any atom is -0.322 e. The molecule has 0 spiro atoms. The number of amides is 5. The Balaban J connectivity index is 1.73. The molecule has 1 heterocycles. The van der Waals surface area contributed by atoms with E-state index in [9.17, 15) is 18.8 Å². The number of halogens is 2. The van der Waals surface area contributed by atoms with Crippen LogP contribution in [-0.2, 0) is 11.2 Å². The summed E-state index contributed by atoms with van der Waals surface area (Å²) in [5.41, 5.74) is 2.08. The van der Waals surface area contributed by atoms with E-state index in [0.717, 1.165) is 5.56 Å². The van der Waals surface area contributed by atoms with E-state index in [-0.39, 0.29) is 11.6 Å². The fourth-order valence-electron chi connectivity index (χ4n) is 3.67. The molecule has 2 aromatic carbocycles. The number of imide groups is 1. The highest BCUT2D eigenvalue weighted by atomic mass is 79.9. The summed E-state index contributed by atoms with van der Waals surface area (Å²) in [5.74, 6) is -1.06. The normalized spacial score (nSPS) is 18.3. The van der Waals surface area contributed by atoms with Crippen LogP contribution in [0, 0.1) is 11.7 Å². The second-order valence-corrected chi connectivity index (χ2v) is 8.84. The summed E-state index contributed by atoms with van der Waals surface area (Å²) >= 11 is 3.14. The highest BCUT2D eigenvalue weighted by molar-refractivity contribution is 9.10. The maximum absolute atomic E-state index is 14.0. The van der Waals surface area contributed by atoms with Gasteiger partial charge >= 0.3 is 12.1 Å². The van der Waals surface area contributed by atoms with Crippen molar-refractivity contribution < 1.29 is 18.8 Å². The van der Waals surface area contributed by atoms with Gasteiger partial charge < -0.3 is 10.6 Å². The number of hydrogen-bond donors (Lipinski definition) is 3. The Kier molecular flexibility index (Phi) is 6.94. The lowest BCUT2D eigenvalue weighted by Crippen LogP contribution is -2.51. The van der Waals surface area contributed by atoms with Crippen molar-refractivity contribution in [3.8, 4) is 0 Å². The van der Waals surface area contributed by atoms with Crippen molar-refractivity contribution in [2.45, 2.75) is 38.6 Å². The van der Waals surface area contributed by atoms with E-state index >= 15 is 0 Å². The second kappa shape index (κ2) is 9.47. The zero-order valence-corrected chi connectivity index (χ0v) is 18.8. The number of nitrogens with one attached hydrogen (secondary N) is 3. The van der Waals surface area contributed by atoms with Gasteiger partial charge in [-0.2, -0.15) is 5.01 Å². The largest absolute Gasteiger partial charge is 0.344 e. The molecule has 3 rings (SSSR count). The maximum Gasteiger partial charge on any atom is 0.344 e. The number of hydrazine groups is 1. The first-order valence-electron chi connectivity index (χ1n) is 9.93. The molecular formula is C22H24BrFN4O3. The Morgan fingerprint density at radius 1 is 1.19 bits per heavy atom. The van der Waals surface area contributed by atoms with Crippen LogP contribution in [0.5, 0.6) is 0 Å². The van der Waals surface area contributed by atoms with Gasteiger partial charge in [-0.25, -0.2) is 19.4 Å². The molecule has 0 saturated carbocycles. The van der Waals surface area contributed by atoms with E-state index < -0.39 is 29.3 Å². The Morgan fingerprint density at radius 2 is 1.90 bits per heavy atom. The van der Waals surface area contributed by atoms with Crippen molar-refractivity contribution in [2.24, 2.45) is 5.92 Å². The molecule has 5 amide bonds. The SMILES string of the molecule is CC(C)CC1(CCc2ccccc2)NC(=O)N(NC(=O)Nc2ccc(Br)cc2F)C1=O. The third-order valence-corrected chi connectivity index (χ3v) is 5.49. The number of urea groups is 2. The number of nitrogens with zero attached hydrogens (tertiary/aromatic N) is 1. The van der Waals surface area contributed by atoms with Crippen LogP contribution in [0.2, 0.25) is 0 Å². The smallest absolute Gasteiger partial charge is 0.322 e. The van der Waals surface area contributed by atoms with Gasteiger partial charge in [0, 0.05) is 4.47 Å². The summed E-state index contributed by atoms with van der Waals surface area (Å²) in [6, 6.07) is 12.2. The van der Waals surface area contributed by atoms with Crippen LogP contribution in [-0.4, -0.2) is 28.5 Å². The predicted octanol–water partition coefficient (Wildman–Crippen LogP) is 4.59. The third kappa shape index (κ3) is 5.41. The summed E-state index contributed by atoms with van der Waals surface area (Å²) in [5, 5.41) is 5.75. The molecule has 1 unspecified atom stereocenters. The molecule has 0 bridgehead atoms. The lowest BCUT2D eigenvalue weighted by molar-refractivity contribution is -0.133. The van der Waals surface area contributed by atoms with Crippen LogP contribution in [0.3, 0.4) is 0 Å². The molecule has 0 aromatic heterocycles. The first-order valence-corrected chi connectivity index (χ1v) is 10.7. The molecule has 1 atom stereocenters. The van der Waals surface area contributed by atoms with E-state index in [0.29, 0.717) is 28.7 Å². The number of carbonyl (C=O) groups is 3. The van der Waals surface area contributed by atoms with Gasteiger partial charge in [0.15, 0.2) is 0 Å². The molecule has 1 aliphatic rings. The van der Waals surface area contributed by atoms with Gasteiger partial charge in [-0.3, -0.25) is 4.79 Å². The Bertz CT molecular complexity index is 986. The van der Waals surface area contributed by atoms with E-state index in [4.69, 9.17) is 0 Å². The number of benzene rings is 2. The molecule has 2 aromatic rings. The highest BCUT2D eigenvalue weighted by Crippen LogP contribution is 2.29. The number of anilines is 1. The molecule has 0 radical (unpaired) electrons. The summed E-state index contributed by atoms with van der Waals surface area (Å²) in [7, 11) is 0. The first-order chi connectivity index (χ1) is 14.7. The van der Waals surface area contributed by atoms with E-state index in [1.54, 1.807) is 6.07 Å². The molecular weight excluding hydrogens is 467 g/mol. The van der Waals surface area contributed by atoms with E-state index in [2.05, 4.69) is 32.0 Å². The van der Waals surface area contributed by atoms with Gasteiger partial charge in [0.05, 0.1) is 5.69 Å². The standard InChI is InChI=1S/C22H24BrFN4O3/c1-14(2)13-22(11-10-15-6-4-3-5-7-15)19(29)28(21(31)26-22)27-20(30)25-18-9-8-16(23)12-17(18)24/h3-9,12,14H,10-11,13H2,1-2H3,(H,26,31)(H2,25,27,30). The summed E-state index contributed by atoms with van der Waals surface area (Å²) in [6.45, 7) is 3.92. The van der Waals surface area contributed by atoms with Crippen molar-refractivity contribution in [3.63, 3.8) is 0 Å². The number of hydrogen-bond acceptors (Lipinski definition) is 3. The topological polar surface area (TPSA) is 90.5 Å². The van der Waals surface area contributed by atoms with Crippen molar-refractivity contribution in [1.29, 1.82) is 0 Å². The fourth-order valence-corrected chi connectivity index (χ4v) is 4.01. The van der Waals surface area contributed by atoms with Gasteiger partial charge in [-0.1, -0.05) is 60.1 Å². The van der Waals surface area contributed by atoms with Crippen LogP contribution in [0.1, 0.15) is 32.3 Å². The van der Waals surface area contributed by atoms with Crippen LogP contribution in [0.25, 0.3) is 0 Å². The lowest BCUT2D eigenvalue weighted by Gasteiger charge is -2.28. The molecule has 1 fully saturated rings. The monoisotopic (exact) mass is 490 g/mol. The molecule has 0 aliphatic carbocycles. The number of aryl methyl sites for hydroxylation is 1. The van der Waals surface area contributed by atoms with Crippen LogP contribution < -0.4 is 16.1 Å². The summed E-state index contributed by atoms with van der Waals surface area (Å²) in [6.07, 6.45) is 1.40. The quantitative estimate of drug-likeness (QED) is 0.495. The average Bonchev–Trinajstić information content (AvgIpc) is 2.93. The number of carbonyl (C=O) groups excluding carboxylic acids is 3. The molecule has 31 heavy (non-hydrogen) atoms. The van der Waals surface area contributed by atoms with Gasteiger partial charge in [0.2, 0.25) is 0 Å². The fraction of sp³-hybridized carbons (Fsp3) is 0.318. The van der Waals surface area contributed by atoms with Crippen LogP contribution in [0.4, 0.5) is 19.7 Å². The van der Waals surface area contributed by atoms with Gasteiger partial charge in [-0.15, -0.1) is 0 Å². The lowest BCUT2D eigenvalue weighted by atomic mass is 9.83. The van der Waals surface area contributed by atoms with Crippen molar-refractivity contribution in [3.05, 3.63) is 64.4 Å². The van der Waals surface area contributed by atoms with Crippen molar-refractivity contribution >= 4 is 39.6 Å². The highest BCUT2D eigenvalue weighted by Gasteiger charge is 2.51. The summed E-state index contributed by atoms with van der Waals surface area (Å²) in [4.78, 5) is 38.1. The van der Waals surface area contributed by atoms with E-state index in [1.165, 1.54) is 12.1 Å². The van der Waals surface area contributed by atoms with E-state index in [1.807, 2.05) is 44.2 Å². The predicted molar refractivity (Wildman–Crippen MR) is 119 cm³/mol. The summed E-state index contributed by atoms with van der Waals surface area (Å²) < 4.78 is 14.5. The molecule has 7 nitrogen and oxygen atoms in total. The number of rotatable bonds is 7. The maximum atomic E-state index is 14.0. The zero-order valence-electron chi connectivity index (χ0n) is 17.2. The minimum absolute atomic E-state index is 0.0784. The zero-order chi connectivity index (χ0) is 22.6. The Hall–Kier alpha value is -2.94. The van der Waals surface area contributed by atoms with Crippen molar-refractivity contribution in [2.75, 3.05) is 5.32 Å². The van der Waals surface area contributed by atoms with Gasteiger partial charge in [0.25, 0.3) is 5.91 Å². The van der Waals surface area contributed by atoms with Gasteiger partial charge in [0.1, 0.15) is 11.4 Å². The molecule has 3 N–H and O–H groups in total. The average molecular weight is 491 g/mol. The third-order valence-electron chi connectivity index (χ3n) is 4.99. The molecule has 9 heteroatoms.